The highest BCUT2D eigenvalue weighted by molar-refractivity contribution is 5.76. The lowest BCUT2D eigenvalue weighted by Gasteiger charge is -2.42. The molecule has 5 nitrogen and oxygen atoms in total. The van der Waals surface area contributed by atoms with Crippen LogP contribution in [0.15, 0.2) is 24.3 Å². The predicted octanol–water partition coefficient (Wildman–Crippen LogP) is 8.05. The maximum Gasteiger partial charge on any atom is 0.347 e. The summed E-state index contributed by atoms with van der Waals surface area (Å²) < 4.78 is 5.88. The molecule has 0 aromatic heterocycles. The van der Waals surface area contributed by atoms with Crippen molar-refractivity contribution in [3.05, 3.63) is 57.6 Å². The van der Waals surface area contributed by atoms with E-state index in [4.69, 9.17) is 4.74 Å². The number of hydrogen-bond donors (Lipinski definition) is 2. The Morgan fingerprint density at radius 1 is 1.00 bits per heavy atom. The van der Waals surface area contributed by atoms with E-state index in [0.29, 0.717) is 11.5 Å². The molecule has 2 aromatic carbocycles. The Balaban J connectivity index is 1.94. The zero-order chi connectivity index (χ0) is 28.3. The van der Waals surface area contributed by atoms with Crippen molar-refractivity contribution in [2.75, 3.05) is 6.54 Å². The smallest absolute Gasteiger partial charge is 0.347 e. The Morgan fingerprint density at radius 3 is 2.34 bits per heavy atom. The van der Waals surface area contributed by atoms with E-state index in [1.165, 1.54) is 55.2 Å². The lowest BCUT2D eigenvalue weighted by atomic mass is 9.81. The monoisotopic (exact) mass is 523 g/mol. The van der Waals surface area contributed by atoms with E-state index in [-0.39, 0.29) is 11.5 Å². The number of aromatic hydroxyl groups is 1. The quantitative estimate of drug-likeness (QED) is 0.275. The Kier molecular flexibility index (Phi) is 9.57. The molecule has 38 heavy (non-hydrogen) atoms. The second-order valence-corrected chi connectivity index (χ2v) is 12.7. The van der Waals surface area contributed by atoms with Gasteiger partial charge in [-0.15, -0.1) is 0 Å². The molecular weight excluding hydrogens is 474 g/mol. The molecule has 0 saturated carbocycles. The number of carbonyl (C=O) groups is 1. The zero-order valence-corrected chi connectivity index (χ0v) is 24.9. The molecule has 2 aromatic rings. The molecule has 0 radical (unpaired) electrons. The van der Waals surface area contributed by atoms with E-state index < -0.39 is 11.6 Å². The van der Waals surface area contributed by atoms with Gasteiger partial charge in [-0.25, -0.2) is 4.79 Å². The van der Waals surface area contributed by atoms with Crippen molar-refractivity contribution in [2.45, 2.75) is 119 Å². The fourth-order valence-corrected chi connectivity index (χ4v) is 5.77. The van der Waals surface area contributed by atoms with E-state index >= 15 is 0 Å². The average molecular weight is 524 g/mol. The number of aryl methyl sites for hydroxylation is 1. The molecule has 0 unspecified atom stereocenters. The van der Waals surface area contributed by atoms with Gasteiger partial charge < -0.3 is 14.9 Å². The van der Waals surface area contributed by atoms with Crippen LogP contribution in [0.25, 0.3) is 0 Å². The zero-order valence-electron chi connectivity index (χ0n) is 24.9. The highest BCUT2D eigenvalue weighted by Gasteiger charge is 2.34. The Morgan fingerprint density at radius 2 is 1.68 bits per heavy atom. The van der Waals surface area contributed by atoms with Crippen molar-refractivity contribution < 1.29 is 19.7 Å². The Labute approximate surface area is 230 Å². The van der Waals surface area contributed by atoms with Gasteiger partial charge >= 0.3 is 5.97 Å². The molecular formula is C33H49NO4. The molecule has 0 saturated heterocycles. The summed E-state index contributed by atoms with van der Waals surface area (Å²) in [6, 6.07) is 8.41. The molecule has 1 heterocycles. The third-order valence-electron chi connectivity index (χ3n) is 8.34. The summed E-state index contributed by atoms with van der Waals surface area (Å²) in [4.78, 5) is 14.2. The van der Waals surface area contributed by atoms with Crippen LogP contribution >= 0.6 is 0 Å². The SMILES string of the molecule is CCCCCCCC(C)(C)CN1Cc2cc(OC(C)(C)C(=O)O)ccc2C[C@H]1c1cc(C)c(O)c(C)c1C. The average Bonchev–Trinajstić information content (AvgIpc) is 2.84. The van der Waals surface area contributed by atoms with E-state index in [2.05, 4.69) is 44.7 Å². The van der Waals surface area contributed by atoms with Gasteiger partial charge in [-0.05, 0) is 98.4 Å². The number of unbranched alkanes of at least 4 members (excludes halogenated alkanes) is 4. The molecule has 1 aliphatic heterocycles. The number of phenols is 1. The fraction of sp³-hybridized carbons (Fsp3) is 0.606. The largest absolute Gasteiger partial charge is 0.507 e. The van der Waals surface area contributed by atoms with E-state index in [1.807, 2.05) is 26.0 Å². The summed E-state index contributed by atoms with van der Waals surface area (Å²) in [5.74, 6) is 0.00707. The van der Waals surface area contributed by atoms with Crippen LogP contribution in [-0.2, 0) is 17.8 Å². The number of benzene rings is 2. The molecule has 1 atom stereocenters. The van der Waals surface area contributed by atoms with E-state index in [0.717, 1.165) is 36.2 Å². The Hall–Kier alpha value is -2.53. The van der Waals surface area contributed by atoms with Crippen LogP contribution in [0.5, 0.6) is 11.5 Å². The molecule has 0 spiro atoms. The van der Waals surface area contributed by atoms with Crippen LogP contribution in [0.1, 0.15) is 113 Å². The van der Waals surface area contributed by atoms with Crippen molar-refractivity contribution >= 4 is 5.97 Å². The van der Waals surface area contributed by atoms with Crippen molar-refractivity contribution in [3.8, 4) is 11.5 Å². The number of aliphatic carboxylic acids is 1. The maximum atomic E-state index is 11.6. The Bertz CT molecular complexity index is 1130. The fourth-order valence-electron chi connectivity index (χ4n) is 5.77. The standard InChI is InChI=1S/C33H49NO4/c1-9-10-11-12-13-16-32(5,6)21-34-20-26-18-27(38-33(7,8)31(36)37)15-14-25(26)19-29(34)28-17-22(2)30(35)24(4)23(28)3/h14-15,17-18,29,35H,9-13,16,19-21H2,1-8H3,(H,36,37)/t29-/m0/s1. The van der Waals surface area contributed by atoms with Crippen LogP contribution in [0.3, 0.4) is 0 Å². The second kappa shape index (κ2) is 12.1. The molecule has 2 N–H and O–H groups in total. The highest BCUT2D eigenvalue weighted by Crippen LogP contribution is 2.41. The number of rotatable bonds is 12. The first-order valence-corrected chi connectivity index (χ1v) is 14.3. The summed E-state index contributed by atoms with van der Waals surface area (Å²) in [7, 11) is 0. The molecule has 210 valence electrons. The van der Waals surface area contributed by atoms with Crippen LogP contribution in [0.2, 0.25) is 0 Å². The molecule has 5 heteroatoms. The molecule has 1 aliphatic rings. The lowest BCUT2D eigenvalue weighted by molar-refractivity contribution is -0.152. The molecule has 0 aliphatic carbocycles. The number of carboxylic acid groups (broad SMARTS) is 1. The number of nitrogens with zero attached hydrogens (tertiary/aromatic N) is 1. The van der Waals surface area contributed by atoms with Gasteiger partial charge in [-0.2, -0.15) is 0 Å². The predicted molar refractivity (Wildman–Crippen MR) is 155 cm³/mol. The van der Waals surface area contributed by atoms with E-state index in [1.54, 1.807) is 13.8 Å². The summed E-state index contributed by atoms with van der Waals surface area (Å²) in [5, 5.41) is 20.1. The van der Waals surface area contributed by atoms with Crippen LogP contribution in [0, 0.1) is 26.2 Å². The second-order valence-electron chi connectivity index (χ2n) is 12.7. The van der Waals surface area contributed by atoms with Gasteiger partial charge in [0.05, 0.1) is 0 Å². The van der Waals surface area contributed by atoms with Crippen molar-refractivity contribution in [1.82, 2.24) is 4.90 Å². The molecule has 0 bridgehead atoms. The van der Waals surface area contributed by atoms with Gasteiger partial charge in [0.15, 0.2) is 5.60 Å². The van der Waals surface area contributed by atoms with Gasteiger partial charge in [0.25, 0.3) is 0 Å². The van der Waals surface area contributed by atoms with Crippen LogP contribution < -0.4 is 4.74 Å². The molecule has 0 amide bonds. The summed E-state index contributed by atoms with van der Waals surface area (Å²) in [6.45, 7) is 18.1. The van der Waals surface area contributed by atoms with Gasteiger partial charge in [0.2, 0.25) is 0 Å². The number of fused-ring (bicyclic) bond motifs is 1. The van der Waals surface area contributed by atoms with Crippen molar-refractivity contribution in [2.24, 2.45) is 5.41 Å². The topological polar surface area (TPSA) is 70.0 Å². The normalized spacial score (nSPS) is 16.4. The third-order valence-corrected chi connectivity index (χ3v) is 8.34. The van der Waals surface area contributed by atoms with Crippen molar-refractivity contribution in [1.29, 1.82) is 0 Å². The number of hydrogen-bond acceptors (Lipinski definition) is 4. The summed E-state index contributed by atoms with van der Waals surface area (Å²) >= 11 is 0. The lowest BCUT2D eigenvalue weighted by Crippen LogP contribution is -2.41. The molecule has 3 rings (SSSR count). The van der Waals surface area contributed by atoms with Gasteiger partial charge in [-0.1, -0.05) is 65.0 Å². The minimum atomic E-state index is -1.29. The minimum Gasteiger partial charge on any atom is -0.507 e. The first-order chi connectivity index (χ1) is 17.8. The summed E-state index contributed by atoms with van der Waals surface area (Å²) in [5.41, 5.74) is 5.67. The van der Waals surface area contributed by atoms with Crippen LogP contribution in [-0.4, -0.2) is 33.2 Å². The van der Waals surface area contributed by atoms with E-state index in [9.17, 15) is 15.0 Å². The number of carboxylic acids is 1. The summed E-state index contributed by atoms with van der Waals surface area (Å²) in [6.07, 6.45) is 8.49. The van der Waals surface area contributed by atoms with Gasteiger partial charge in [0, 0.05) is 19.1 Å². The van der Waals surface area contributed by atoms with Crippen molar-refractivity contribution in [3.63, 3.8) is 0 Å². The first kappa shape index (κ1) is 30.0. The number of phenolic OH excluding ortho intramolecular Hbond substituents is 1. The molecule has 0 fully saturated rings. The minimum absolute atomic E-state index is 0.163. The number of ether oxygens (including phenoxy) is 1. The maximum absolute atomic E-state index is 11.6. The van der Waals surface area contributed by atoms with Gasteiger partial charge in [-0.3, -0.25) is 4.90 Å². The van der Waals surface area contributed by atoms with Crippen LogP contribution in [0.4, 0.5) is 0 Å². The third kappa shape index (κ3) is 7.11. The highest BCUT2D eigenvalue weighted by atomic mass is 16.5. The van der Waals surface area contributed by atoms with Gasteiger partial charge in [0.1, 0.15) is 11.5 Å². The first-order valence-electron chi connectivity index (χ1n) is 14.3.